The SMILES string of the molecule is C[C@@H](O)[C@H](NC(=O)c1ccc(C#CC#CC2CC(=O)N(C)C2)cc1)C(=O)NO. The van der Waals surface area contributed by atoms with Gasteiger partial charge < -0.3 is 15.3 Å². The Bertz CT molecular complexity index is 871. The zero-order valence-electron chi connectivity index (χ0n) is 15.5. The minimum Gasteiger partial charge on any atom is -0.391 e. The van der Waals surface area contributed by atoms with Crippen LogP contribution in [0.1, 0.15) is 29.3 Å². The number of hydrogen-bond donors (Lipinski definition) is 4. The first-order valence-electron chi connectivity index (χ1n) is 8.60. The van der Waals surface area contributed by atoms with Gasteiger partial charge in [-0.2, -0.15) is 0 Å². The summed E-state index contributed by atoms with van der Waals surface area (Å²) < 4.78 is 0. The number of carbonyl (C=O) groups excluding carboxylic acids is 3. The van der Waals surface area contributed by atoms with Crippen LogP contribution in [0.4, 0.5) is 0 Å². The lowest BCUT2D eigenvalue weighted by Gasteiger charge is -2.19. The first-order chi connectivity index (χ1) is 13.3. The van der Waals surface area contributed by atoms with Crippen LogP contribution in [-0.4, -0.2) is 58.7 Å². The van der Waals surface area contributed by atoms with Crippen LogP contribution in [0.15, 0.2) is 24.3 Å². The molecule has 1 aliphatic heterocycles. The van der Waals surface area contributed by atoms with Gasteiger partial charge in [-0.25, -0.2) is 5.48 Å². The Hall–Kier alpha value is -3.33. The average molecular weight is 383 g/mol. The van der Waals surface area contributed by atoms with Crippen LogP contribution in [-0.2, 0) is 9.59 Å². The number of nitrogens with one attached hydrogen (secondary N) is 2. The fraction of sp³-hybridized carbons (Fsp3) is 0.350. The van der Waals surface area contributed by atoms with E-state index in [-0.39, 0.29) is 17.4 Å². The monoisotopic (exact) mass is 383 g/mol. The molecular formula is C20H21N3O5. The molecule has 1 fully saturated rings. The molecule has 146 valence electrons. The summed E-state index contributed by atoms with van der Waals surface area (Å²) in [5, 5.41) is 20.6. The van der Waals surface area contributed by atoms with Crippen molar-refractivity contribution in [3.05, 3.63) is 35.4 Å². The lowest BCUT2D eigenvalue weighted by atomic mass is 10.1. The molecule has 8 heteroatoms. The minimum absolute atomic E-state index is 0.00384. The second-order valence-electron chi connectivity index (χ2n) is 6.44. The van der Waals surface area contributed by atoms with Gasteiger partial charge >= 0.3 is 0 Å². The maximum absolute atomic E-state index is 12.2. The summed E-state index contributed by atoms with van der Waals surface area (Å²) in [7, 11) is 1.74. The van der Waals surface area contributed by atoms with Gasteiger partial charge in [0.2, 0.25) is 5.91 Å². The topological polar surface area (TPSA) is 119 Å². The van der Waals surface area contributed by atoms with Crippen LogP contribution in [0, 0.1) is 29.6 Å². The standard InChI is InChI=1S/C20H21N3O5/c1-13(24)18(20(27)22-28)21-19(26)16-9-7-14(8-10-16)5-3-4-6-15-11-17(25)23(2)12-15/h7-10,13,15,18,24,28H,11-12H2,1-2H3,(H,21,26)(H,22,27)/t13-,15?,18+/m1/s1. The summed E-state index contributed by atoms with van der Waals surface area (Å²) in [6.45, 7) is 1.93. The number of likely N-dealkylation sites (tertiary alicyclic amines) is 1. The Kier molecular flexibility index (Phi) is 7.16. The van der Waals surface area contributed by atoms with Crippen molar-refractivity contribution in [2.75, 3.05) is 13.6 Å². The van der Waals surface area contributed by atoms with Crippen molar-refractivity contribution in [3.8, 4) is 23.7 Å². The third-order valence-electron chi connectivity index (χ3n) is 4.20. The van der Waals surface area contributed by atoms with Crippen molar-refractivity contribution in [2.24, 2.45) is 5.92 Å². The van der Waals surface area contributed by atoms with Crippen molar-refractivity contribution in [1.82, 2.24) is 15.7 Å². The number of hydroxylamine groups is 1. The summed E-state index contributed by atoms with van der Waals surface area (Å²) in [5.74, 6) is 9.86. The van der Waals surface area contributed by atoms with Gasteiger partial charge in [-0.3, -0.25) is 19.6 Å². The van der Waals surface area contributed by atoms with E-state index < -0.39 is 24.0 Å². The van der Waals surface area contributed by atoms with Crippen molar-refractivity contribution < 1.29 is 24.7 Å². The highest BCUT2D eigenvalue weighted by atomic mass is 16.5. The number of benzene rings is 1. The number of aliphatic hydroxyl groups is 1. The number of nitrogens with zero attached hydrogens (tertiary/aromatic N) is 1. The molecule has 4 N–H and O–H groups in total. The van der Waals surface area contributed by atoms with Gasteiger partial charge in [0.05, 0.1) is 6.10 Å². The Morgan fingerprint density at radius 1 is 1.25 bits per heavy atom. The second kappa shape index (κ2) is 9.56. The molecule has 1 aliphatic rings. The number of hydrogen-bond acceptors (Lipinski definition) is 5. The van der Waals surface area contributed by atoms with Crippen LogP contribution >= 0.6 is 0 Å². The molecule has 0 aliphatic carbocycles. The Morgan fingerprint density at radius 2 is 1.93 bits per heavy atom. The van der Waals surface area contributed by atoms with E-state index in [1.165, 1.54) is 24.5 Å². The Labute approximate surface area is 162 Å². The zero-order chi connectivity index (χ0) is 20.7. The maximum Gasteiger partial charge on any atom is 0.268 e. The summed E-state index contributed by atoms with van der Waals surface area (Å²) in [6.07, 6.45) is -0.772. The summed E-state index contributed by atoms with van der Waals surface area (Å²) >= 11 is 0. The molecule has 0 radical (unpaired) electrons. The van der Waals surface area contributed by atoms with Crippen LogP contribution in [0.5, 0.6) is 0 Å². The Morgan fingerprint density at radius 3 is 2.46 bits per heavy atom. The van der Waals surface area contributed by atoms with E-state index in [2.05, 4.69) is 29.0 Å². The molecule has 1 saturated heterocycles. The predicted molar refractivity (Wildman–Crippen MR) is 99.7 cm³/mol. The molecule has 3 atom stereocenters. The fourth-order valence-corrected chi connectivity index (χ4v) is 2.61. The molecular weight excluding hydrogens is 362 g/mol. The normalized spacial score (nSPS) is 17.5. The molecule has 1 unspecified atom stereocenters. The van der Waals surface area contributed by atoms with Gasteiger partial charge in [0.25, 0.3) is 11.8 Å². The van der Waals surface area contributed by atoms with E-state index in [0.29, 0.717) is 18.5 Å². The highest BCUT2D eigenvalue weighted by molar-refractivity contribution is 5.97. The molecule has 0 saturated carbocycles. The molecule has 3 amide bonds. The highest BCUT2D eigenvalue weighted by Gasteiger charge is 2.26. The van der Waals surface area contributed by atoms with Crippen LogP contribution in [0.2, 0.25) is 0 Å². The summed E-state index contributed by atoms with van der Waals surface area (Å²) in [6, 6.07) is 5.01. The molecule has 1 aromatic carbocycles. The number of aliphatic hydroxyl groups excluding tert-OH is 1. The molecule has 0 spiro atoms. The predicted octanol–water partition coefficient (Wildman–Crippen LogP) is -0.496. The number of rotatable bonds is 4. The van der Waals surface area contributed by atoms with E-state index in [1.54, 1.807) is 24.1 Å². The number of carbonyl (C=O) groups is 3. The second-order valence-corrected chi connectivity index (χ2v) is 6.44. The van der Waals surface area contributed by atoms with Gasteiger partial charge in [0.15, 0.2) is 0 Å². The lowest BCUT2D eigenvalue weighted by Crippen LogP contribution is -2.51. The van der Waals surface area contributed by atoms with Crippen LogP contribution < -0.4 is 10.8 Å². The zero-order valence-corrected chi connectivity index (χ0v) is 15.5. The summed E-state index contributed by atoms with van der Waals surface area (Å²) in [4.78, 5) is 36.7. The maximum atomic E-state index is 12.2. The van der Waals surface area contributed by atoms with Crippen LogP contribution in [0.25, 0.3) is 0 Å². The van der Waals surface area contributed by atoms with E-state index in [4.69, 9.17) is 5.21 Å². The number of amides is 3. The van der Waals surface area contributed by atoms with E-state index in [1.807, 2.05) is 0 Å². The third kappa shape index (κ3) is 5.58. The third-order valence-corrected chi connectivity index (χ3v) is 4.20. The summed E-state index contributed by atoms with van der Waals surface area (Å²) in [5.41, 5.74) is 2.31. The smallest absolute Gasteiger partial charge is 0.268 e. The molecule has 1 heterocycles. The fourth-order valence-electron chi connectivity index (χ4n) is 2.61. The molecule has 0 aromatic heterocycles. The van der Waals surface area contributed by atoms with Crippen molar-refractivity contribution in [1.29, 1.82) is 0 Å². The first-order valence-corrected chi connectivity index (χ1v) is 8.60. The largest absolute Gasteiger partial charge is 0.391 e. The highest BCUT2D eigenvalue weighted by Crippen LogP contribution is 2.14. The van der Waals surface area contributed by atoms with E-state index in [9.17, 15) is 19.5 Å². The van der Waals surface area contributed by atoms with E-state index in [0.717, 1.165) is 0 Å². The van der Waals surface area contributed by atoms with Gasteiger partial charge in [-0.05, 0) is 43.0 Å². The van der Waals surface area contributed by atoms with Gasteiger partial charge in [-0.15, -0.1) is 0 Å². The van der Waals surface area contributed by atoms with Crippen molar-refractivity contribution in [2.45, 2.75) is 25.5 Å². The van der Waals surface area contributed by atoms with Crippen LogP contribution in [0.3, 0.4) is 0 Å². The molecule has 2 rings (SSSR count). The van der Waals surface area contributed by atoms with Crippen molar-refractivity contribution >= 4 is 17.7 Å². The average Bonchev–Trinajstić information content (AvgIpc) is 3.00. The van der Waals surface area contributed by atoms with Gasteiger partial charge in [0.1, 0.15) is 6.04 Å². The van der Waals surface area contributed by atoms with E-state index >= 15 is 0 Å². The lowest BCUT2D eigenvalue weighted by molar-refractivity contribution is -0.133. The Balaban J connectivity index is 1.98. The molecule has 28 heavy (non-hydrogen) atoms. The quantitative estimate of drug-likeness (QED) is 0.318. The minimum atomic E-state index is -1.28. The first kappa shape index (κ1) is 21.0. The van der Waals surface area contributed by atoms with Crippen molar-refractivity contribution in [3.63, 3.8) is 0 Å². The molecule has 0 bridgehead atoms. The molecule has 8 nitrogen and oxygen atoms in total. The van der Waals surface area contributed by atoms with Gasteiger partial charge in [0, 0.05) is 37.1 Å². The molecule has 1 aromatic rings. The van der Waals surface area contributed by atoms with Gasteiger partial charge in [-0.1, -0.05) is 11.8 Å².